The molecule has 3 aromatic carbocycles. The standard InChI is InChI=1S/C24H19BNO8P.CH4/c1-13-10-15(23(27)28)11-14(2)22(13)32-24(29)21-17-6-4-5-7-19(17)26(3)20-9-8-16(12-18(20)21)33-35(30,31)34-25;/h4-12H,1-3H3,(H-,27,28,30,31);1H4/p+1. The molecule has 184 valence electrons. The van der Waals surface area contributed by atoms with Crippen LogP contribution < -0.4 is 13.8 Å². The van der Waals surface area contributed by atoms with Crippen LogP contribution in [0.1, 0.15) is 39.3 Å². The molecule has 0 aliphatic carbocycles. The Balaban J connectivity index is 0.00000361. The number of phosphoric acid groups is 1. The van der Waals surface area contributed by atoms with E-state index in [1.165, 1.54) is 24.3 Å². The second kappa shape index (κ2) is 10.1. The Bertz CT molecular complexity index is 1550. The zero-order chi connectivity index (χ0) is 25.5. The monoisotopic (exact) mass is 508 g/mol. The molecule has 0 aliphatic rings. The molecule has 2 N–H and O–H groups in total. The van der Waals surface area contributed by atoms with Crippen molar-refractivity contribution in [2.45, 2.75) is 21.3 Å². The zero-order valence-corrected chi connectivity index (χ0v) is 19.9. The lowest BCUT2D eigenvalue weighted by atomic mass is 10.0. The molecule has 0 saturated heterocycles. The van der Waals surface area contributed by atoms with Gasteiger partial charge in [-0.1, -0.05) is 19.6 Å². The quantitative estimate of drug-likeness (QED) is 0.0970. The van der Waals surface area contributed by atoms with Gasteiger partial charge >= 0.3 is 27.8 Å². The number of para-hydroxylation sites is 1. The maximum atomic E-state index is 13.6. The molecule has 0 fully saturated rings. The number of fused-ring (bicyclic) bond motifs is 2. The Kier molecular flexibility index (Phi) is 7.55. The molecular weight excluding hydrogens is 484 g/mol. The summed E-state index contributed by atoms with van der Waals surface area (Å²) in [6.45, 7) is 3.31. The fraction of sp³-hybridized carbons (Fsp3) is 0.160. The number of carbonyl (C=O) groups is 2. The summed E-state index contributed by atoms with van der Waals surface area (Å²) >= 11 is 0. The molecule has 9 nitrogen and oxygen atoms in total. The summed E-state index contributed by atoms with van der Waals surface area (Å²) in [6.07, 6.45) is 0. The van der Waals surface area contributed by atoms with Gasteiger partial charge in [0.2, 0.25) is 11.0 Å². The van der Waals surface area contributed by atoms with Gasteiger partial charge in [-0.2, -0.15) is 4.57 Å². The third-order valence-corrected chi connectivity index (χ3v) is 6.30. The van der Waals surface area contributed by atoms with Gasteiger partial charge in [0.1, 0.15) is 18.5 Å². The fourth-order valence-corrected chi connectivity index (χ4v) is 4.49. The molecule has 2 radical (unpaired) electrons. The van der Waals surface area contributed by atoms with Crippen LogP contribution in [0.2, 0.25) is 0 Å². The van der Waals surface area contributed by atoms with Crippen LogP contribution in [-0.4, -0.2) is 30.0 Å². The first-order valence-electron chi connectivity index (χ1n) is 10.3. The molecule has 4 aromatic rings. The van der Waals surface area contributed by atoms with Crippen molar-refractivity contribution in [2.75, 3.05) is 0 Å². The van der Waals surface area contributed by atoms with E-state index in [1.54, 1.807) is 32.0 Å². The van der Waals surface area contributed by atoms with Crippen molar-refractivity contribution in [3.8, 4) is 11.5 Å². The van der Waals surface area contributed by atoms with Crippen LogP contribution in [0.5, 0.6) is 11.5 Å². The second-order valence-corrected chi connectivity index (χ2v) is 9.26. The summed E-state index contributed by atoms with van der Waals surface area (Å²) in [4.78, 5) is 34.6. The molecule has 36 heavy (non-hydrogen) atoms. The van der Waals surface area contributed by atoms with Gasteiger partial charge in [0.25, 0.3) is 0 Å². The van der Waals surface area contributed by atoms with E-state index in [4.69, 9.17) is 17.3 Å². The summed E-state index contributed by atoms with van der Waals surface area (Å²) in [6, 6.07) is 14.6. The lowest BCUT2D eigenvalue weighted by molar-refractivity contribution is -0.617. The number of carboxylic acid groups (broad SMARTS) is 1. The molecule has 1 unspecified atom stereocenters. The Morgan fingerprint density at radius 2 is 1.58 bits per heavy atom. The van der Waals surface area contributed by atoms with Gasteiger partial charge in [-0.3, -0.25) is 4.89 Å². The maximum Gasteiger partial charge on any atom is 0.511 e. The smallest absolute Gasteiger partial charge is 0.478 e. The van der Waals surface area contributed by atoms with E-state index in [0.29, 0.717) is 27.4 Å². The van der Waals surface area contributed by atoms with E-state index in [-0.39, 0.29) is 30.1 Å². The fourth-order valence-electron chi connectivity index (χ4n) is 4.07. The number of hydrogen-bond donors (Lipinski definition) is 2. The van der Waals surface area contributed by atoms with E-state index >= 15 is 0 Å². The summed E-state index contributed by atoms with van der Waals surface area (Å²) in [5.74, 6) is -1.58. The van der Waals surface area contributed by atoms with Crippen LogP contribution in [-0.2, 0) is 16.1 Å². The van der Waals surface area contributed by atoms with Gasteiger partial charge in [0, 0.05) is 12.1 Å². The van der Waals surface area contributed by atoms with Gasteiger partial charge in [-0.05, 0) is 55.3 Å². The highest BCUT2D eigenvalue weighted by Crippen LogP contribution is 2.43. The Labute approximate surface area is 208 Å². The average Bonchev–Trinajstić information content (AvgIpc) is 2.81. The lowest BCUT2D eigenvalue weighted by Gasteiger charge is -2.15. The molecule has 0 aliphatic heterocycles. The van der Waals surface area contributed by atoms with Crippen molar-refractivity contribution in [3.05, 3.63) is 76.9 Å². The molecule has 11 heteroatoms. The molecule has 0 bridgehead atoms. The molecular formula is C25H24BNO8P+. The first kappa shape index (κ1) is 26.9. The Morgan fingerprint density at radius 1 is 0.972 bits per heavy atom. The van der Waals surface area contributed by atoms with E-state index in [9.17, 15) is 24.2 Å². The minimum Gasteiger partial charge on any atom is -0.478 e. The molecule has 4 rings (SSSR count). The van der Waals surface area contributed by atoms with Gasteiger partial charge in [-0.25, -0.2) is 14.2 Å². The first-order chi connectivity index (χ1) is 16.5. The minimum absolute atomic E-state index is 0. The normalized spacial score (nSPS) is 12.6. The number of pyridine rings is 1. The van der Waals surface area contributed by atoms with E-state index in [2.05, 4.69) is 4.44 Å². The molecule has 1 atom stereocenters. The van der Waals surface area contributed by atoms with Gasteiger partial charge in [-0.15, -0.1) is 0 Å². The summed E-state index contributed by atoms with van der Waals surface area (Å²) in [5.41, 5.74) is 2.61. The highest BCUT2D eigenvalue weighted by Gasteiger charge is 2.27. The summed E-state index contributed by atoms with van der Waals surface area (Å²) in [7, 11) is 2.11. The number of ether oxygens (including phenoxy) is 1. The number of rotatable bonds is 6. The van der Waals surface area contributed by atoms with Crippen molar-refractivity contribution in [1.29, 1.82) is 0 Å². The molecule has 1 heterocycles. The molecule has 0 saturated carbocycles. The number of esters is 1. The van der Waals surface area contributed by atoms with Crippen LogP contribution in [0.15, 0.2) is 54.6 Å². The topological polar surface area (TPSA) is 123 Å². The number of aryl methyl sites for hydroxylation is 3. The van der Waals surface area contributed by atoms with Crippen molar-refractivity contribution in [1.82, 2.24) is 0 Å². The zero-order valence-electron chi connectivity index (χ0n) is 19.0. The number of carboxylic acids is 1. The number of aromatic carboxylic acids is 1. The molecule has 0 amide bonds. The second-order valence-electron chi connectivity index (χ2n) is 7.93. The van der Waals surface area contributed by atoms with Crippen LogP contribution >= 0.6 is 7.82 Å². The van der Waals surface area contributed by atoms with E-state index in [1.807, 2.05) is 23.7 Å². The summed E-state index contributed by atoms with van der Waals surface area (Å²) in [5, 5.41) is 10.3. The van der Waals surface area contributed by atoms with E-state index in [0.717, 1.165) is 5.52 Å². The van der Waals surface area contributed by atoms with Crippen LogP contribution in [0, 0.1) is 13.8 Å². The number of phosphoric ester groups is 1. The third kappa shape index (κ3) is 4.97. The third-order valence-electron chi connectivity index (χ3n) is 5.59. The average molecular weight is 508 g/mol. The van der Waals surface area contributed by atoms with Crippen molar-refractivity contribution in [2.24, 2.45) is 7.05 Å². The number of benzene rings is 3. The minimum atomic E-state index is -4.55. The molecule has 0 spiro atoms. The number of hydrogen-bond acceptors (Lipinski definition) is 6. The molecule has 1 aromatic heterocycles. The van der Waals surface area contributed by atoms with Crippen molar-refractivity contribution >= 4 is 49.6 Å². The van der Waals surface area contributed by atoms with Crippen molar-refractivity contribution in [3.63, 3.8) is 0 Å². The first-order valence-corrected chi connectivity index (χ1v) is 11.8. The summed E-state index contributed by atoms with van der Waals surface area (Å²) < 4.78 is 28.5. The maximum absolute atomic E-state index is 13.6. The lowest BCUT2D eigenvalue weighted by Crippen LogP contribution is -2.31. The van der Waals surface area contributed by atoms with Crippen LogP contribution in [0.3, 0.4) is 0 Å². The SMILES string of the molecule is C.[B]OP(=O)(O)Oc1ccc2c(c1)c(C(=O)Oc1c(C)cc(C(=O)O)cc1C)c1ccccc1[n+]2C. The van der Waals surface area contributed by atoms with Gasteiger partial charge in [0.15, 0.2) is 0 Å². The largest absolute Gasteiger partial charge is 0.511 e. The predicted octanol–water partition coefficient (Wildman–Crippen LogP) is 4.57. The number of nitrogens with zero attached hydrogens (tertiary/aromatic N) is 1. The van der Waals surface area contributed by atoms with Crippen LogP contribution in [0.25, 0.3) is 21.8 Å². The number of carbonyl (C=O) groups excluding carboxylic acids is 1. The Hall–Kier alpha value is -3.72. The predicted molar refractivity (Wildman–Crippen MR) is 134 cm³/mol. The number of aromatic nitrogens is 1. The van der Waals surface area contributed by atoms with E-state index < -0.39 is 19.8 Å². The highest BCUT2D eigenvalue weighted by molar-refractivity contribution is 7.48. The Morgan fingerprint density at radius 3 is 2.19 bits per heavy atom. The van der Waals surface area contributed by atoms with Crippen molar-refractivity contribution < 1.29 is 42.4 Å². The van der Waals surface area contributed by atoms with Gasteiger partial charge in [0.05, 0.1) is 21.9 Å². The van der Waals surface area contributed by atoms with Gasteiger partial charge < -0.3 is 18.8 Å². The van der Waals surface area contributed by atoms with Crippen LogP contribution in [0.4, 0.5) is 0 Å². The highest BCUT2D eigenvalue weighted by atomic mass is 31.2.